The maximum absolute atomic E-state index is 12.2. The molecule has 0 atom stereocenters. The van der Waals surface area contributed by atoms with Crippen LogP contribution < -0.4 is 0 Å². The Morgan fingerprint density at radius 1 is 1.48 bits per heavy atom. The maximum Gasteiger partial charge on any atom is 0.356 e. The molecule has 3 rings (SSSR count). The number of halogens is 2. The molecule has 7 heteroatoms. The summed E-state index contributed by atoms with van der Waals surface area (Å²) in [6.07, 6.45) is 0. The van der Waals surface area contributed by atoms with E-state index in [0.29, 0.717) is 34.3 Å². The molecule has 4 nitrogen and oxygen atoms in total. The lowest BCUT2D eigenvalue weighted by molar-refractivity contribution is 0.0513. The Kier molecular flexibility index (Phi) is 4.75. The van der Waals surface area contributed by atoms with Gasteiger partial charge in [0, 0.05) is 15.1 Å². The first kappa shape index (κ1) is 16.5. The number of esters is 1. The van der Waals surface area contributed by atoms with Crippen molar-refractivity contribution in [1.82, 2.24) is 9.55 Å². The number of imidazole rings is 1. The third-order valence-electron chi connectivity index (χ3n) is 3.52. The third kappa shape index (κ3) is 3.03. The van der Waals surface area contributed by atoms with Crippen LogP contribution in [0, 0.1) is 6.92 Å². The smallest absolute Gasteiger partial charge is 0.356 e. The van der Waals surface area contributed by atoms with E-state index in [4.69, 9.17) is 16.3 Å². The van der Waals surface area contributed by atoms with E-state index in [1.807, 2.05) is 22.8 Å². The lowest BCUT2D eigenvalue weighted by atomic mass is 10.1. The van der Waals surface area contributed by atoms with Crippen LogP contribution in [0.1, 0.15) is 28.7 Å². The summed E-state index contributed by atoms with van der Waals surface area (Å²) in [5.41, 5.74) is 2.16. The first-order chi connectivity index (χ1) is 11.0. The van der Waals surface area contributed by atoms with Crippen molar-refractivity contribution in [2.75, 3.05) is 6.61 Å². The van der Waals surface area contributed by atoms with E-state index in [0.717, 1.165) is 15.6 Å². The second kappa shape index (κ2) is 6.63. The van der Waals surface area contributed by atoms with Crippen molar-refractivity contribution >= 4 is 54.9 Å². The molecule has 2 aromatic heterocycles. The number of carbonyl (C=O) groups is 1. The summed E-state index contributed by atoms with van der Waals surface area (Å²) >= 11 is 11.4. The zero-order valence-corrected chi connectivity index (χ0v) is 15.8. The molecule has 2 heterocycles. The highest BCUT2D eigenvalue weighted by Gasteiger charge is 2.22. The lowest BCUT2D eigenvalue weighted by Gasteiger charge is -2.09. The van der Waals surface area contributed by atoms with Gasteiger partial charge < -0.3 is 9.30 Å². The average Bonchev–Trinajstić information content (AvgIpc) is 3.02. The highest BCUT2D eigenvalue weighted by molar-refractivity contribution is 9.10. The van der Waals surface area contributed by atoms with Crippen LogP contribution >= 0.6 is 38.9 Å². The van der Waals surface area contributed by atoms with E-state index in [9.17, 15) is 4.79 Å². The second-order valence-corrected chi connectivity index (χ2v) is 7.02. The fourth-order valence-electron chi connectivity index (χ4n) is 2.54. The molecule has 0 unspecified atom stereocenters. The molecule has 0 aliphatic rings. The number of hydrogen-bond acceptors (Lipinski definition) is 4. The average molecular weight is 414 g/mol. The Balaban J connectivity index is 2.07. The maximum atomic E-state index is 12.2. The molecule has 0 bridgehead atoms. The van der Waals surface area contributed by atoms with Crippen molar-refractivity contribution in [1.29, 1.82) is 0 Å². The van der Waals surface area contributed by atoms with Crippen molar-refractivity contribution in [3.05, 3.63) is 50.3 Å². The van der Waals surface area contributed by atoms with E-state index in [2.05, 4.69) is 26.3 Å². The van der Waals surface area contributed by atoms with Crippen LogP contribution in [0.2, 0.25) is 5.02 Å². The van der Waals surface area contributed by atoms with E-state index < -0.39 is 0 Å². The zero-order chi connectivity index (χ0) is 16.6. The summed E-state index contributed by atoms with van der Waals surface area (Å²) < 4.78 is 8.69. The molecular weight excluding hydrogens is 400 g/mol. The number of aryl methyl sites for hydroxylation is 1. The van der Waals surface area contributed by atoms with Crippen LogP contribution in [0.15, 0.2) is 28.3 Å². The number of carbonyl (C=O) groups excluding carboxylic acids is 1. The van der Waals surface area contributed by atoms with Crippen molar-refractivity contribution in [3.63, 3.8) is 0 Å². The molecule has 120 valence electrons. The number of ether oxygens (including phenoxy) is 1. The molecule has 23 heavy (non-hydrogen) atoms. The molecule has 0 aliphatic heterocycles. The Labute approximate surface area is 151 Å². The van der Waals surface area contributed by atoms with E-state index in [-0.39, 0.29) is 5.97 Å². The fraction of sp³-hybridized carbons (Fsp3) is 0.250. The van der Waals surface area contributed by atoms with Gasteiger partial charge in [0.1, 0.15) is 0 Å². The van der Waals surface area contributed by atoms with Crippen LogP contribution in [0.25, 0.3) is 10.1 Å². The summed E-state index contributed by atoms with van der Waals surface area (Å²) in [4.78, 5) is 16.6. The summed E-state index contributed by atoms with van der Waals surface area (Å²) in [6, 6.07) is 5.85. The van der Waals surface area contributed by atoms with E-state index in [1.54, 1.807) is 25.2 Å². The number of rotatable bonds is 4. The number of fused-ring (bicyclic) bond motifs is 1. The molecule has 0 saturated carbocycles. The van der Waals surface area contributed by atoms with Gasteiger partial charge in [-0.1, -0.05) is 17.7 Å². The Hall–Kier alpha value is -1.37. The zero-order valence-electron chi connectivity index (χ0n) is 12.6. The number of aromatic nitrogens is 2. The monoisotopic (exact) mass is 412 g/mol. The molecule has 1 aromatic carbocycles. The van der Waals surface area contributed by atoms with Crippen LogP contribution in [0.3, 0.4) is 0 Å². The molecule has 3 aromatic rings. The van der Waals surface area contributed by atoms with Crippen molar-refractivity contribution in [2.45, 2.75) is 20.4 Å². The van der Waals surface area contributed by atoms with Gasteiger partial charge in [-0.2, -0.15) is 0 Å². The molecular formula is C16H14BrClN2O2S. The normalized spacial score (nSPS) is 11.1. The van der Waals surface area contributed by atoms with Gasteiger partial charge in [0.25, 0.3) is 0 Å². The van der Waals surface area contributed by atoms with Crippen molar-refractivity contribution < 1.29 is 9.53 Å². The van der Waals surface area contributed by atoms with Crippen molar-refractivity contribution in [2.24, 2.45) is 0 Å². The quantitative estimate of drug-likeness (QED) is 0.562. The van der Waals surface area contributed by atoms with Crippen LogP contribution in [0.5, 0.6) is 0 Å². The molecule has 0 spiro atoms. The number of benzene rings is 1. The molecule has 0 amide bonds. The van der Waals surface area contributed by atoms with Gasteiger partial charge in [-0.15, -0.1) is 11.3 Å². The van der Waals surface area contributed by atoms with Gasteiger partial charge in [-0.05, 0) is 52.9 Å². The van der Waals surface area contributed by atoms with Gasteiger partial charge in [0.2, 0.25) is 0 Å². The third-order valence-corrected chi connectivity index (χ3v) is 5.43. The largest absolute Gasteiger partial charge is 0.461 e. The first-order valence-electron chi connectivity index (χ1n) is 7.07. The first-order valence-corrected chi connectivity index (χ1v) is 9.12. The SMILES string of the molecule is CCOC(=O)c1c(C)nc(Br)n1Cc1csc2cccc(Cl)c12. The molecule has 0 N–H and O–H groups in total. The Bertz CT molecular complexity index is 888. The number of hydrogen-bond donors (Lipinski definition) is 0. The van der Waals surface area contributed by atoms with E-state index in [1.165, 1.54) is 0 Å². The van der Waals surface area contributed by atoms with Gasteiger partial charge >= 0.3 is 5.97 Å². The highest BCUT2D eigenvalue weighted by atomic mass is 79.9. The van der Waals surface area contributed by atoms with Gasteiger partial charge in [0.15, 0.2) is 10.4 Å². The fourth-order valence-corrected chi connectivity index (χ4v) is 4.43. The predicted octanol–water partition coefficient (Wildman–Crippen LogP) is 5.05. The Morgan fingerprint density at radius 3 is 3.00 bits per heavy atom. The summed E-state index contributed by atoms with van der Waals surface area (Å²) in [7, 11) is 0. The van der Waals surface area contributed by atoms with Crippen LogP contribution in [-0.4, -0.2) is 22.1 Å². The summed E-state index contributed by atoms with van der Waals surface area (Å²) in [5.74, 6) is -0.367. The van der Waals surface area contributed by atoms with Crippen LogP contribution in [0.4, 0.5) is 0 Å². The minimum absolute atomic E-state index is 0.328. The highest BCUT2D eigenvalue weighted by Crippen LogP contribution is 2.33. The van der Waals surface area contributed by atoms with Crippen LogP contribution in [-0.2, 0) is 11.3 Å². The number of nitrogens with zero attached hydrogens (tertiary/aromatic N) is 2. The Morgan fingerprint density at radius 2 is 2.26 bits per heavy atom. The standard InChI is InChI=1S/C16H14BrClN2O2S/c1-3-22-15(21)14-9(2)19-16(17)20(14)7-10-8-23-12-6-4-5-11(18)13(10)12/h4-6,8H,3,7H2,1-2H3. The molecule has 0 saturated heterocycles. The summed E-state index contributed by atoms with van der Waals surface area (Å²) in [5, 5.41) is 3.80. The molecule has 0 aliphatic carbocycles. The van der Waals surface area contributed by atoms with Gasteiger partial charge in [0.05, 0.1) is 18.8 Å². The topological polar surface area (TPSA) is 44.1 Å². The summed E-state index contributed by atoms with van der Waals surface area (Å²) in [6.45, 7) is 4.41. The predicted molar refractivity (Wildman–Crippen MR) is 96.6 cm³/mol. The minimum atomic E-state index is -0.367. The minimum Gasteiger partial charge on any atom is -0.461 e. The van der Waals surface area contributed by atoms with Gasteiger partial charge in [-0.3, -0.25) is 0 Å². The van der Waals surface area contributed by atoms with Gasteiger partial charge in [-0.25, -0.2) is 9.78 Å². The molecule has 0 fully saturated rings. The number of thiophene rings is 1. The van der Waals surface area contributed by atoms with E-state index >= 15 is 0 Å². The molecule has 0 radical (unpaired) electrons. The second-order valence-electron chi connectivity index (χ2n) is 5.00. The van der Waals surface area contributed by atoms with Crippen molar-refractivity contribution in [3.8, 4) is 0 Å². The lowest BCUT2D eigenvalue weighted by Crippen LogP contribution is -2.14.